The minimum Gasteiger partial charge on any atom is -0.381 e. The molecule has 0 aliphatic carbocycles. The van der Waals surface area contributed by atoms with Crippen LogP contribution in [0.1, 0.15) is 31.7 Å². The van der Waals surface area contributed by atoms with Crippen molar-refractivity contribution < 1.29 is 4.74 Å². The molecule has 1 unspecified atom stereocenters. The minimum atomic E-state index is 0.431. The van der Waals surface area contributed by atoms with Crippen LogP contribution in [0.5, 0.6) is 0 Å². The quantitative estimate of drug-likeness (QED) is 0.922. The molecular weight excluding hydrogens is 260 g/mol. The fraction of sp³-hybridized carbons (Fsp3) is 0.667. The van der Waals surface area contributed by atoms with E-state index in [9.17, 15) is 0 Å². The van der Waals surface area contributed by atoms with Crippen molar-refractivity contribution in [2.45, 2.75) is 38.8 Å². The van der Waals surface area contributed by atoms with Gasteiger partial charge in [-0.25, -0.2) is 0 Å². The summed E-state index contributed by atoms with van der Waals surface area (Å²) < 4.78 is 5.63. The lowest BCUT2D eigenvalue weighted by Gasteiger charge is -2.50. The molecule has 2 aliphatic heterocycles. The van der Waals surface area contributed by atoms with Crippen LogP contribution in [0.15, 0.2) is 30.3 Å². The van der Waals surface area contributed by atoms with Gasteiger partial charge < -0.3 is 10.1 Å². The van der Waals surface area contributed by atoms with Gasteiger partial charge in [0.1, 0.15) is 0 Å². The third-order valence-corrected chi connectivity index (χ3v) is 5.48. The Morgan fingerprint density at radius 3 is 2.71 bits per heavy atom. The van der Waals surface area contributed by atoms with E-state index in [0.29, 0.717) is 11.5 Å². The summed E-state index contributed by atoms with van der Waals surface area (Å²) in [5.74, 6) is 0. The van der Waals surface area contributed by atoms with E-state index in [2.05, 4.69) is 47.5 Å². The van der Waals surface area contributed by atoms with Gasteiger partial charge in [0, 0.05) is 45.4 Å². The highest BCUT2D eigenvalue weighted by molar-refractivity contribution is 5.15. The van der Waals surface area contributed by atoms with Crippen LogP contribution in [0, 0.1) is 5.41 Å². The summed E-state index contributed by atoms with van der Waals surface area (Å²) in [6.07, 6.45) is 3.68. The fourth-order valence-electron chi connectivity index (χ4n) is 4.06. The number of hydrogen-bond acceptors (Lipinski definition) is 3. The van der Waals surface area contributed by atoms with Crippen LogP contribution in [-0.2, 0) is 11.3 Å². The van der Waals surface area contributed by atoms with E-state index in [1.54, 1.807) is 0 Å². The number of nitrogens with one attached hydrogen (secondary N) is 1. The summed E-state index contributed by atoms with van der Waals surface area (Å²) in [5.41, 5.74) is 1.86. The Bertz CT molecular complexity index is 428. The van der Waals surface area contributed by atoms with E-state index < -0.39 is 0 Å². The molecule has 21 heavy (non-hydrogen) atoms. The monoisotopic (exact) mass is 288 g/mol. The molecule has 2 fully saturated rings. The highest BCUT2D eigenvalue weighted by Gasteiger charge is 2.42. The standard InChI is InChI=1S/C18H28N2O/c1-2-18(8-12-21-13-9-18)17-14-19-10-11-20(17)15-16-6-4-3-5-7-16/h3-7,17,19H,2,8-15H2,1H3. The normalized spacial score (nSPS) is 26.6. The SMILES string of the molecule is CCC1(C2CNCCN2Cc2ccccc2)CCOCC1. The Morgan fingerprint density at radius 1 is 1.24 bits per heavy atom. The van der Waals surface area contributed by atoms with Gasteiger partial charge in [-0.1, -0.05) is 37.3 Å². The number of piperazine rings is 1. The number of benzene rings is 1. The molecule has 2 aliphatic rings. The number of ether oxygens (including phenoxy) is 1. The first-order valence-electron chi connectivity index (χ1n) is 8.40. The molecule has 0 radical (unpaired) electrons. The van der Waals surface area contributed by atoms with Crippen molar-refractivity contribution in [1.29, 1.82) is 0 Å². The van der Waals surface area contributed by atoms with Gasteiger partial charge in [0.05, 0.1) is 0 Å². The molecule has 0 bridgehead atoms. The second-order valence-electron chi connectivity index (χ2n) is 6.50. The predicted octanol–water partition coefficient (Wildman–Crippen LogP) is 2.67. The first kappa shape index (κ1) is 15.0. The third-order valence-electron chi connectivity index (χ3n) is 5.48. The summed E-state index contributed by atoms with van der Waals surface area (Å²) in [7, 11) is 0. The minimum absolute atomic E-state index is 0.431. The Hall–Kier alpha value is -0.900. The maximum absolute atomic E-state index is 5.63. The van der Waals surface area contributed by atoms with Crippen LogP contribution in [-0.4, -0.2) is 43.8 Å². The summed E-state index contributed by atoms with van der Waals surface area (Å²) in [6, 6.07) is 11.5. The van der Waals surface area contributed by atoms with Gasteiger partial charge in [0.15, 0.2) is 0 Å². The van der Waals surface area contributed by atoms with Crippen LogP contribution >= 0.6 is 0 Å². The molecule has 0 saturated carbocycles. The maximum atomic E-state index is 5.63. The third kappa shape index (κ3) is 3.31. The average molecular weight is 288 g/mol. The molecule has 1 atom stereocenters. The first-order chi connectivity index (χ1) is 10.3. The van der Waals surface area contributed by atoms with E-state index in [1.165, 1.54) is 24.8 Å². The second-order valence-corrected chi connectivity index (χ2v) is 6.50. The molecule has 0 spiro atoms. The average Bonchev–Trinajstić information content (AvgIpc) is 2.57. The van der Waals surface area contributed by atoms with Crippen molar-refractivity contribution in [3.63, 3.8) is 0 Å². The Kier molecular flexibility index (Phi) is 4.94. The smallest absolute Gasteiger partial charge is 0.0471 e. The lowest BCUT2D eigenvalue weighted by atomic mass is 9.70. The highest BCUT2D eigenvalue weighted by Crippen LogP contribution is 2.40. The lowest BCUT2D eigenvalue weighted by Crippen LogP contribution is -2.59. The van der Waals surface area contributed by atoms with E-state index in [4.69, 9.17) is 4.74 Å². The van der Waals surface area contributed by atoms with E-state index >= 15 is 0 Å². The zero-order chi connectivity index (χ0) is 14.5. The predicted molar refractivity (Wildman–Crippen MR) is 86.3 cm³/mol. The van der Waals surface area contributed by atoms with Gasteiger partial charge in [-0.15, -0.1) is 0 Å². The zero-order valence-electron chi connectivity index (χ0n) is 13.2. The van der Waals surface area contributed by atoms with Crippen LogP contribution in [0.4, 0.5) is 0 Å². The van der Waals surface area contributed by atoms with Crippen molar-refractivity contribution in [3.05, 3.63) is 35.9 Å². The van der Waals surface area contributed by atoms with Gasteiger partial charge in [-0.2, -0.15) is 0 Å². The summed E-state index contributed by atoms with van der Waals surface area (Å²) in [6.45, 7) is 8.70. The van der Waals surface area contributed by atoms with Crippen molar-refractivity contribution in [1.82, 2.24) is 10.2 Å². The number of nitrogens with zero attached hydrogens (tertiary/aromatic N) is 1. The van der Waals surface area contributed by atoms with Gasteiger partial charge >= 0.3 is 0 Å². The topological polar surface area (TPSA) is 24.5 Å². The zero-order valence-corrected chi connectivity index (χ0v) is 13.2. The van der Waals surface area contributed by atoms with Crippen LogP contribution < -0.4 is 5.32 Å². The van der Waals surface area contributed by atoms with E-state index in [0.717, 1.165) is 39.4 Å². The Balaban J connectivity index is 1.77. The first-order valence-corrected chi connectivity index (χ1v) is 8.40. The van der Waals surface area contributed by atoms with E-state index in [-0.39, 0.29) is 0 Å². The van der Waals surface area contributed by atoms with Crippen molar-refractivity contribution in [2.24, 2.45) is 5.41 Å². The van der Waals surface area contributed by atoms with Gasteiger partial charge in [-0.3, -0.25) is 4.90 Å². The summed E-state index contributed by atoms with van der Waals surface area (Å²) in [5, 5.41) is 3.62. The molecule has 1 N–H and O–H groups in total. The largest absolute Gasteiger partial charge is 0.381 e. The Labute approximate surface area is 128 Å². The summed E-state index contributed by atoms with van der Waals surface area (Å²) in [4.78, 5) is 2.71. The van der Waals surface area contributed by atoms with Crippen molar-refractivity contribution in [3.8, 4) is 0 Å². The summed E-state index contributed by atoms with van der Waals surface area (Å²) >= 11 is 0. The van der Waals surface area contributed by atoms with Gasteiger partial charge in [-0.05, 0) is 30.2 Å². The molecule has 3 nitrogen and oxygen atoms in total. The molecule has 116 valence electrons. The number of rotatable bonds is 4. The van der Waals surface area contributed by atoms with Crippen molar-refractivity contribution >= 4 is 0 Å². The Morgan fingerprint density at radius 2 is 2.00 bits per heavy atom. The second kappa shape index (κ2) is 6.91. The van der Waals surface area contributed by atoms with Gasteiger partial charge in [0.25, 0.3) is 0 Å². The molecule has 1 aromatic carbocycles. The lowest BCUT2D eigenvalue weighted by molar-refractivity contribution is -0.0517. The van der Waals surface area contributed by atoms with Crippen molar-refractivity contribution in [2.75, 3.05) is 32.8 Å². The molecule has 2 heterocycles. The maximum Gasteiger partial charge on any atom is 0.0471 e. The van der Waals surface area contributed by atoms with Crippen LogP contribution in [0.3, 0.4) is 0 Å². The molecule has 2 saturated heterocycles. The molecule has 0 amide bonds. The molecule has 3 rings (SSSR count). The molecule has 0 aromatic heterocycles. The molecule has 1 aromatic rings. The number of hydrogen-bond donors (Lipinski definition) is 1. The molecule has 3 heteroatoms. The fourth-order valence-corrected chi connectivity index (χ4v) is 4.06. The van der Waals surface area contributed by atoms with Gasteiger partial charge in [0.2, 0.25) is 0 Å². The van der Waals surface area contributed by atoms with Crippen LogP contribution in [0.25, 0.3) is 0 Å². The molecular formula is C18H28N2O. The van der Waals surface area contributed by atoms with Crippen LogP contribution in [0.2, 0.25) is 0 Å². The highest BCUT2D eigenvalue weighted by atomic mass is 16.5. The van der Waals surface area contributed by atoms with E-state index in [1.807, 2.05) is 0 Å².